The second-order valence-electron chi connectivity index (χ2n) is 7.30. The first kappa shape index (κ1) is 20.7. The molecule has 2 aromatic carbocycles. The number of carbonyl (C=O) groups excluding carboxylic acids is 2. The minimum absolute atomic E-state index is 0.170. The van der Waals surface area contributed by atoms with E-state index in [0.717, 1.165) is 6.42 Å². The number of carbonyl (C=O) groups is 2. The highest BCUT2D eigenvalue weighted by molar-refractivity contribution is 6.53. The Bertz CT molecular complexity index is 787. The van der Waals surface area contributed by atoms with Crippen LogP contribution >= 0.6 is 23.2 Å². The van der Waals surface area contributed by atoms with Crippen LogP contribution in [0, 0.1) is 5.41 Å². The molecule has 0 aromatic heterocycles. The molecule has 1 N–H and O–H groups in total. The minimum Gasteiger partial charge on any atom is -0.455 e. The maximum absolute atomic E-state index is 12.1. The lowest BCUT2D eigenvalue weighted by Gasteiger charge is -2.18. The van der Waals surface area contributed by atoms with Gasteiger partial charge >= 0.3 is 5.97 Å². The van der Waals surface area contributed by atoms with Crippen LogP contribution < -0.4 is 5.32 Å². The Labute approximate surface area is 175 Å². The molecule has 0 bridgehead atoms. The summed E-state index contributed by atoms with van der Waals surface area (Å²) in [7, 11) is 0. The lowest BCUT2D eigenvalue weighted by atomic mass is 9.88. The summed E-state index contributed by atoms with van der Waals surface area (Å²) in [6, 6.07) is 20.3. The van der Waals surface area contributed by atoms with Crippen molar-refractivity contribution in [1.29, 1.82) is 0 Å². The molecule has 0 spiro atoms. The highest BCUT2D eigenvalue weighted by atomic mass is 35.5. The predicted octanol–water partition coefficient (Wildman–Crippen LogP) is 4.45. The van der Waals surface area contributed by atoms with Gasteiger partial charge in [-0.2, -0.15) is 0 Å². The number of halogens is 2. The molecule has 28 heavy (non-hydrogen) atoms. The number of benzene rings is 2. The van der Waals surface area contributed by atoms with Crippen molar-refractivity contribution in [2.24, 2.45) is 5.41 Å². The maximum Gasteiger partial charge on any atom is 0.315 e. The van der Waals surface area contributed by atoms with Gasteiger partial charge in [0, 0.05) is 18.9 Å². The Hall–Kier alpha value is -2.04. The number of rotatable bonds is 8. The number of alkyl halides is 2. The van der Waals surface area contributed by atoms with Gasteiger partial charge in [-0.15, -0.1) is 23.2 Å². The third-order valence-corrected chi connectivity index (χ3v) is 6.30. The van der Waals surface area contributed by atoms with Crippen LogP contribution in [-0.4, -0.2) is 29.4 Å². The van der Waals surface area contributed by atoms with E-state index < -0.39 is 15.7 Å². The molecule has 1 unspecified atom stereocenters. The van der Waals surface area contributed by atoms with Gasteiger partial charge in [0.15, 0.2) is 6.61 Å². The highest BCUT2D eigenvalue weighted by Gasteiger charge is 2.69. The summed E-state index contributed by atoms with van der Waals surface area (Å²) in [5, 5.41) is 2.82. The fourth-order valence-corrected chi connectivity index (χ4v) is 3.90. The molecule has 1 amide bonds. The number of amides is 1. The van der Waals surface area contributed by atoms with Gasteiger partial charge in [-0.1, -0.05) is 60.7 Å². The molecule has 0 saturated heterocycles. The van der Waals surface area contributed by atoms with Crippen molar-refractivity contribution in [3.8, 4) is 0 Å². The molecular formula is C22H23Cl2NO3. The van der Waals surface area contributed by atoms with E-state index in [1.54, 1.807) is 6.92 Å². The van der Waals surface area contributed by atoms with E-state index in [1.807, 2.05) is 36.4 Å². The molecule has 1 atom stereocenters. The van der Waals surface area contributed by atoms with Gasteiger partial charge in [0.05, 0.1) is 0 Å². The van der Waals surface area contributed by atoms with Crippen LogP contribution in [0.2, 0.25) is 0 Å². The zero-order valence-electron chi connectivity index (χ0n) is 15.7. The van der Waals surface area contributed by atoms with Crippen LogP contribution in [0.5, 0.6) is 0 Å². The van der Waals surface area contributed by atoms with E-state index in [0.29, 0.717) is 13.0 Å². The molecule has 1 fully saturated rings. The Kier molecular flexibility index (Phi) is 6.31. The van der Waals surface area contributed by atoms with E-state index in [1.165, 1.54) is 11.1 Å². The quantitative estimate of drug-likeness (QED) is 0.507. The van der Waals surface area contributed by atoms with Crippen LogP contribution in [0.4, 0.5) is 0 Å². The lowest BCUT2D eigenvalue weighted by Crippen LogP contribution is -2.32. The topological polar surface area (TPSA) is 55.4 Å². The van der Waals surface area contributed by atoms with Crippen molar-refractivity contribution < 1.29 is 14.3 Å². The molecule has 0 radical (unpaired) electrons. The summed E-state index contributed by atoms with van der Waals surface area (Å²) >= 11 is 11.9. The van der Waals surface area contributed by atoms with Crippen molar-refractivity contribution in [3.63, 3.8) is 0 Å². The molecule has 0 aliphatic heterocycles. The smallest absolute Gasteiger partial charge is 0.315 e. The summed E-state index contributed by atoms with van der Waals surface area (Å²) in [6.45, 7) is 1.77. The first-order chi connectivity index (χ1) is 13.3. The molecule has 3 rings (SSSR count). The standard InChI is InChI=1S/C22H23Cl2NO3/c1-21(15-22(21,23)24)20(27)28-14-19(26)25-13-12-18(16-8-4-2-5-9-16)17-10-6-3-7-11-17/h2-11,18H,12-15H2,1H3,(H,25,26). The minimum atomic E-state index is -1.10. The van der Waals surface area contributed by atoms with Crippen LogP contribution in [0.25, 0.3) is 0 Å². The first-order valence-electron chi connectivity index (χ1n) is 9.25. The van der Waals surface area contributed by atoms with E-state index >= 15 is 0 Å². The predicted molar refractivity (Wildman–Crippen MR) is 110 cm³/mol. The molecular weight excluding hydrogens is 397 g/mol. The van der Waals surface area contributed by atoms with E-state index in [9.17, 15) is 9.59 Å². The van der Waals surface area contributed by atoms with Crippen LogP contribution in [0.15, 0.2) is 60.7 Å². The van der Waals surface area contributed by atoms with Crippen molar-refractivity contribution in [2.45, 2.75) is 30.0 Å². The Morgan fingerprint density at radius 2 is 1.54 bits per heavy atom. The summed E-state index contributed by atoms with van der Waals surface area (Å²) in [5.74, 6) is -0.713. The van der Waals surface area contributed by atoms with Crippen molar-refractivity contribution in [2.75, 3.05) is 13.2 Å². The number of esters is 1. The van der Waals surface area contributed by atoms with Gasteiger partial charge in [-0.05, 0) is 24.5 Å². The number of nitrogens with one attached hydrogen (secondary N) is 1. The Balaban J connectivity index is 1.50. The number of hydrogen-bond donors (Lipinski definition) is 1. The normalized spacial score (nSPS) is 19.9. The third kappa shape index (κ3) is 4.68. The van der Waals surface area contributed by atoms with Crippen LogP contribution in [-0.2, 0) is 14.3 Å². The SMILES string of the molecule is CC1(C(=O)OCC(=O)NCCC(c2ccccc2)c2ccccc2)CC1(Cl)Cl. The summed E-state index contributed by atoms with van der Waals surface area (Å²) in [6.07, 6.45) is 1.07. The molecule has 1 aliphatic carbocycles. The van der Waals surface area contributed by atoms with Crippen molar-refractivity contribution in [1.82, 2.24) is 5.32 Å². The summed E-state index contributed by atoms with van der Waals surface area (Å²) < 4.78 is 3.98. The second-order valence-corrected chi connectivity index (χ2v) is 8.79. The zero-order chi connectivity index (χ0) is 20.2. The third-order valence-electron chi connectivity index (χ3n) is 5.20. The monoisotopic (exact) mass is 419 g/mol. The average Bonchev–Trinajstić information content (AvgIpc) is 3.23. The van der Waals surface area contributed by atoms with Crippen molar-refractivity contribution >= 4 is 35.1 Å². The Morgan fingerprint density at radius 3 is 2.00 bits per heavy atom. The zero-order valence-corrected chi connectivity index (χ0v) is 17.2. The van der Waals surface area contributed by atoms with Gasteiger partial charge in [0.2, 0.25) is 0 Å². The number of ether oxygens (including phenoxy) is 1. The molecule has 0 heterocycles. The molecule has 1 aliphatic rings. The number of hydrogen-bond acceptors (Lipinski definition) is 3. The average molecular weight is 420 g/mol. The summed E-state index contributed by atoms with van der Waals surface area (Å²) in [4.78, 5) is 24.1. The molecule has 4 nitrogen and oxygen atoms in total. The van der Waals surface area contributed by atoms with Crippen molar-refractivity contribution in [3.05, 3.63) is 71.8 Å². The largest absolute Gasteiger partial charge is 0.455 e. The molecule has 2 aromatic rings. The lowest BCUT2D eigenvalue weighted by molar-refractivity contribution is -0.153. The van der Waals surface area contributed by atoms with E-state index in [4.69, 9.17) is 27.9 Å². The molecule has 6 heteroatoms. The van der Waals surface area contributed by atoms with E-state index in [2.05, 4.69) is 29.6 Å². The molecule has 1 saturated carbocycles. The second kappa shape index (κ2) is 8.54. The van der Waals surface area contributed by atoms with Gasteiger partial charge in [0.1, 0.15) is 9.75 Å². The van der Waals surface area contributed by atoms with Gasteiger partial charge in [-0.3, -0.25) is 9.59 Å². The van der Waals surface area contributed by atoms with Crippen LogP contribution in [0.3, 0.4) is 0 Å². The molecule has 148 valence electrons. The van der Waals surface area contributed by atoms with Gasteiger partial charge in [-0.25, -0.2) is 0 Å². The fraction of sp³-hybridized carbons (Fsp3) is 0.364. The van der Waals surface area contributed by atoms with E-state index in [-0.39, 0.29) is 18.4 Å². The maximum atomic E-state index is 12.1. The highest BCUT2D eigenvalue weighted by Crippen LogP contribution is 2.64. The fourth-order valence-electron chi connectivity index (χ4n) is 3.22. The first-order valence-corrected chi connectivity index (χ1v) is 10.0. The van der Waals surface area contributed by atoms with Crippen LogP contribution in [0.1, 0.15) is 36.8 Å². The Morgan fingerprint density at radius 1 is 1.04 bits per heavy atom. The van der Waals surface area contributed by atoms with Gasteiger partial charge in [0.25, 0.3) is 5.91 Å². The summed E-state index contributed by atoms with van der Waals surface area (Å²) in [5.41, 5.74) is 1.45. The van der Waals surface area contributed by atoms with Gasteiger partial charge < -0.3 is 10.1 Å².